The summed E-state index contributed by atoms with van der Waals surface area (Å²) in [4.78, 5) is 61.8. The average Bonchev–Trinajstić information content (AvgIpc) is 3.39. The number of carbonyl (C=O) groups is 4. The maximum Gasteiger partial charge on any atom is 0.313 e. The number of allylic oxidation sites excluding steroid dienone is 2. The lowest BCUT2D eigenvalue weighted by atomic mass is 9.91. The fraction of sp³-hybridized carbons (Fsp3) is 0.436. The van der Waals surface area contributed by atoms with Crippen LogP contribution in [0.1, 0.15) is 74.5 Å². The van der Waals surface area contributed by atoms with Crippen molar-refractivity contribution in [1.82, 2.24) is 20.4 Å². The molecule has 1 saturated carbocycles. The van der Waals surface area contributed by atoms with Crippen LogP contribution < -0.4 is 10.1 Å². The maximum atomic E-state index is 14.5. The van der Waals surface area contributed by atoms with Crippen LogP contribution in [0, 0.1) is 18.3 Å². The minimum absolute atomic E-state index is 0.0472. The van der Waals surface area contributed by atoms with Crippen LogP contribution in [0.15, 0.2) is 71.3 Å². The Balaban J connectivity index is 1.22. The van der Waals surface area contributed by atoms with E-state index in [1.807, 2.05) is 54.6 Å². The van der Waals surface area contributed by atoms with Gasteiger partial charge < -0.3 is 24.2 Å². The van der Waals surface area contributed by atoms with Crippen molar-refractivity contribution >= 4 is 45.2 Å². The van der Waals surface area contributed by atoms with Crippen LogP contribution in [0.5, 0.6) is 5.88 Å². The molecule has 7 rings (SSSR count). The van der Waals surface area contributed by atoms with E-state index in [9.17, 15) is 19.2 Å². The third kappa shape index (κ3) is 6.60. The number of carbonyl (C=O) groups excluding carboxylic acids is 4. The molecule has 0 bridgehead atoms. The molecule has 4 aromatic rings. The molecule has 11 heteroatoms. The third-order valence-electron chi connectivity index (χ3n) is 10.3. The number of esters is 1. The van der Waals surface area contributed by atoms with Crippen molar-refractivity contribution in [3.05, 3.63) is 78.2 Å². The molecule has 1 saturated heterocycles. The molecule has 4 heterocycles. The fourth-order valence-electron chi connectivity index (χ4n) is 7.56. The first-order valence-electron chi connectivity index (χ1n) is 17.6. The Morgan fingerprint density at radius 1 is 1.04 bits per heavy atom. The van der Waals surface area contributed by atoms with E-state index >= 15 is 0 Å². The van der Waals surface area contributed by atoms with Crippen molar-refractivity contribution in [2.75, 3.05) is 13.2 Å². The molecule has 2 fully saturated rings. The summed E-state index contributed by atoms with van der Waals surface area (Å²) in [6.07, 6.45) is 7.90. The van der Waals surface area contributed by atoms with Gasteiger partial charge in [-0.2, -0.15) is 0 Å². The molecule has 5 atom stereocenters. The van der Waals surface area contributed by atoms with E-state index < -0.39 is 29.5 Å². The number of nitrogens with one attached hydrogen (secondary N) is 1. The number of aromatic nitrogens is 2. The van der Waals surface area contributed by atoms with Gasteiger partial charge in [0.25, 0.3) is 5.91 Å². The standard InChI is InChI=1S/C39H42N4O7/c1-3-48-38(47)39-21-25(39)13-7-5-4-6-8-18-31(40-35(45)32-19-24(2)50-42-32)37(46)43-23-26(20-33(43)34(44)22-39)49-36-29-16-10-9-14-27(29)28-15-11-12-17-30(28)41-36/h7,9-17,19,25-26,31,33H,3-6,8,18,20-23H2,1-2H3,(H,40,45)/b13-7-/t25-,26-,31+,33+,39-/m1/s1. The molecular formula is C39H42N4O7. The van der Waals surface area contributed by atoms with Gasteiger partial charge in [-0.15, -0.1) is 0 Å². The molecule has 11 nitrogen and oxygen atoms in total. The zero-order chi connectivity index (χ0) is 34.8. The molecule has 0 unspecified atom stereocenters. The number of ketones is 1. The predicted molar refractivity (Wildman–Crippen MR) is 185 cm³/mol. The summed E-state index contributed by atoms with van der Waals surface area (Å²) in [5.74, 6) is -0.694. The van der Waals surface area contributed by atoms with Gasteiger partial charge in [-0.1, -0.05) is 66.5 Å². The number of pyridine rings is 1. The molecule has 1 aliphatic carbocycles. The Morgan fingerprint density at radius 2 is 1.82 bits per heavy atom. The van der Waals surface area contributed by atoms with E-state index in [2.05, 4.69) is 16.5 Å². The van der Waals surface area contributed by atoms with E-state index in [1.54, 1.807) is 18.7 Å². The number of aryl methyl sites for hydroxylation is 1. The first-order valence-corrected chi connectivity index (χ1v) is 17.6. The Morgan fingerprint density at radius 3 is 2.60 bits per heavy atom. The van der Waals surface area contributed by atoms with Crippen LogP contribution in [-0.2, 0) is 19.1 Å². The molecule has 2 aromatic heterocycles. The highest BCUT2D eigenvalue weighted by Gasteiger charge is 2.61. The van der Waals surface area contributed by atoms with Crippen LogP contribution in [0.4, 0.5) is 0 Å². The number of rotatable bonds is 6. The topological polar surface area (TPSA) is 141 Å². The van der Waals surface area contributed by atoms with Crippen LogP contribution in [-0.4, -0.2) is 69.9 Å². The quantitative estimate of drug-likeness (QED) is 0.150. The minimum atomic E-state index is -0.952. The smallest absolute Gasteiger partial charge is 0.313 e. The third-order valence-corrected chi connectivity index (χ3v) is 10.3. The second-order valence-corrected chi connectivity index (χ2v) is 13.7. The molecule has 2 aliphatic heterocycles. The van der Waals surface area contributed by atoms with Gasteiger partial charge in [-0.25, -0.2) is 4.98 Å². The number of amides is 2. The molecule has 3 aliphatic rings. The number of nitrogens with zero attached hydrogens (tertiary/aromatic N) is 3. The van der Waals surface area contributed by atoms with Gasteiger partial charge in [0, 0.05) is 29.7 Å². The van der Waals surface area contributed by atoms with E-state index in [-0.39, 0.29) is 55.3 Å². The molecule has 0 radical (unpaired) electrons. The predicted octanol–water partition coefficient (Wildman–Crippen LogP) is 5.88. The van der Waals surface area contributed by atoms with E-state index in [0.717, 1.165) is 40.9 Å². The zero-order valence-electron chi connectivity index (χ0n) is 28.4. The van der Waals surface area contributed by atoms with Crippen LogP contribution >= 0.6 is 0 Å². The van der Waals surface area contributed by atoms with Gasteiger partial charge in [0.15, 0.2) is 11.5 Å². The van der Waals surface area contributed by atoms with Crippen molar-refractivity contribution in [3.63, 3.8) is 0 Å². The van der Waals surface area contributed by atoms with E-state index in [0.29, 0.717) is 30.9 Å². The molecule has 2 aromatic carbocycles. The first kappa shape index (κ1) is 33.4. The number of hydrogen-bond acceptors (Lipinski definition) is 9. The molecule has 0 spiro atoms. The van der Waals surface area contributed by atoms with Crippen molar-refractivity contribution in [2.24, 2.45) is 11.3 Å². The molecule has 260 valence electrons. The average molecular weight is 679 g/mol. The van der Waals surface area contributed by atoms with Gasteiger partial charge >= 0.3 is 5.97 Å². The Kier molecular flexibility index (Phi) is 9.40. The lowest BCUT2D eigenvalue weighted by molar-refractivity contribution is -0.152. The highest BCUT2D eigenvalue weighted by molar-refractivity contribution is 6.07. The summed E-state index contributed by atoms with van der Waals surface area (Å²) in [5, 5.41) is 9.53. The monoisotopic (exact) mass is 678 g/mol. The fourth-order valence-corrected chi connectivity index (χ4v) is 7.56. The van der Waals surface area contributed by atoms with Gasteiger partial charge in [-0.05, 0) is 63.0 Å². The van der Waals surface area contributed by atoms with Crippen molar-refractivity contribution in [1.29, 1.82) is 0 Å². The highest BCUT2D eigenvalue weighted by atomic mass is 16.5. The Bertz CT molecular complexity index is 1970. The maximum absolute atomic E-state index is 14.5. The highest BCUT2D eigenvalue weighted by Crippen LogP contribution is 2.57. The molecular weight excluding hydrogens is 636 g/mol. The van der Waals surface area contributed by atoms with Gasteiger partial charge in [0.2, 0.25) is 11.8 Å². The second kappa shape index (κ2) is 14.0. The first-order chi connectivity index (χ1) is 24.3. The normalized spacial score (nSPS) is 26.4. The van der Waals surface area contributed by atoms with Gasteiger partial charge in [-0.3, -0.25) is 19.2 Å². The number of ether oxygens (including phenoxy) is 2. The number of hydrogen-bond donors (Lipinski definition) is 1. The summed E-state index contributed by atoms with van der Waals surface area (Å²) in [5.41, 5.74) is -0.0975. The minimum Gasteiger partial charge on any atom is -0.472 e. The number of Topliss-reactive ketones (excluding diaryl/α,β-unsaturated/α-hetero) is 1. The summed E-state index contributed by atoms with van der Waals surface area (Å²) in [7, 11) is 0. The molecule has 2 amide bonds. The largest absolute Gasteiger partial charge is 0.472 e. The second-order valence-electron chi connectivity index (χ2n) is 13.7. The van der Waals surface area contributed by atoms with E-state index in [1.165, 1.54) is 6.07 Å². The summed E-state index contributed by atoms with van der Waals surface area (Å²) in [6, 6.07) is 15.5. The van der Waals surface area contributed by atoms with Gasteiger partial charge in [0.1, 0.15) is 17.9 Å². The van der Waals surface area contributed by atoms with Crippen LogP contribution in [0.25, 0.3) is 21.7 Å². The van der Waals surface area contributed by atoms with Crippen LogP contribution in [0.3, 0.4) is 0 Å². The number of benzene rings is 2. The lowest BCUT2D eigenvalue weighted by Gasteiger charge is -2.29. The Labute approximate surface area is 290 Å². The summed E-state index contributed by atoms with van der Waals surface area (Å²) >= 11 is 0. The molecule has 1 N–H and O–H groups in total. The SMILES string of the molecule is CCOC(=O)[C@]12CC(=O)[C@@H]3C[C@@H](Oc4nc5ccccc5c5ccccc45)CN3C(=O)[C@@H](NC(=O)c3cc(C)on3)CCCCC/C=C\[C@@H]1C2. The van der Waals surface area contributed by atoms with E-state index in [4.69, 9.17) is 19.0 Å². The molecule has 50 heavy (non-hydrogen) atoms. The van der Waals surface area contributed by atoms with Crippen molar-refractivity contribution < 1.29 is 33.2 Å². The Hall–Kier alpha value is -5.06. The zero-order valence-corrected chi connectivity index (χ0v) is 28.4. The lowest BCUT2D eigenvalue weighted by Crippen LogP contribution is -2.52. The summed E-state index contributed by atoms with van der Waals surface area (Å²) < 4.78 is 17.2. The summed E-state index contributed by atoms with van der Waals surface area (Å²) in [6.45, 7) is 3.78. The van der Waals surface area contributed by atoms with Crippen molar-refractivity contribution in [3.8, 4) is 5.88 Å². The van der Waals surface area contributed by atoms with Crippen molar-refractivity contribution in [2.45, 2.75) is 83.4 Å². The number of para-hydroxylation sites is 1. The van der Waals surface area contributed by atoms with Gasteiger partial charge in [0.05, 0.1) is 30.1 Å². The van der Waals surface area contributed by atoms with Crippen LogP contribution in [0.2, 0.25) is 0 Å². The number of fused-ring (bicyclic) bond motifs is 5.